The van der Waals surface area contributed by atoms with E-state index in [2.05, 4.69) is 15.5 Å². The number of ether oxygens (including phenoxy) is 1. The smallest absolute Gasteiger partial charge is 0.240 e. The van der Waals surface area contributed by atoms with Gasteiger partial charge in [-0.05, 0) is 32.9 Å². The highest BCUT2D eigenvalue weighted by Gasteiger charge is 2.26. The van der Waals surface area contributed by atoms with Gasteiger partial charge in [0.2, 0.25) is 5.91 Å². The number of rotatable bonds is 6. The Bertz CT molecular complexity index is 1030. The van der Waals surface area contributed by atoms with Gasteiger partial charge in [-0.15, -0.1) is 0 Å². The van der Waals surface area contributed by atoms with Gasteiger partial charge in [-0.1, -0.05) is 16.8 Å². The fourth-order valence-corrected chi connectivity index (χ4v) is 2.71. The Labute approximate surface area is 161 Å². The van der Waals surface area contributed by atoms with E-state index in [0.29, 0.717) is 16.5 Å². The van der Waals surface area contributed by atoms with Gasteiger partial charge in [-0.2, -0.15) is 5.26 Å². The molecule has 140 valence electrons. The number of carbonyl (C=O) groups is 1. The Balaban J connectivity index is 1.72. The maximum atomic E-state index is 12.0. The third-order valence-electron chi connectivity index (χ3n) is 4.06. The van der Waals surface area contributed by atoms with Crippen molar-refractivity contribution in [3.05, 3.63) is 46.4 Å². The summed E-state index contributed by atoms with van der Waals surface area (Å²) in [5.74, 6) is 0.799. The number of fused-ring (bicyclic) bond motifs is 1. The molecular formula is C19H19ClN4O3. The Morgan fingerprint density at radius 2 is 2.19 bits per heavy atom. The minimum Gasteiger partial charge on any atom is -0.484 e. The molecule has 2 heterocycles. The van der Waals surface area contributed by atoms with Crippen LogP contribution in [0.4, 0.5) is 0 Å². The summed E-state index contributed by atoms with van der Waals surface area (Å²) >= 11 is 6.30. The van der Waals surface area contributed by atoms with E-state index in [9.17, 15) is 4.79 Å². The first-order valence-corrected chi connectivity index (χ1v) is 8.72. The third kappa shape index (κ3) is 4.23. The van der Waals surface area contributed by atoms with Crippen LogP contribution in [0.5, 0.6) is 5.75 Å². The predicted molar refractivity (Wildman–Crippen MR) is 100 cm³/mol. The molecule has 27 heavy (non-hydrogen) atoms. The molecule has 0 radical (unpaired) electrons. The zero-order valence-corrected chi connectivity index (χ0v) is 16.0. The molecule has 0 unspecified atom stereocenters. The second kappa shape index (κ2) is 7.33. The molecule has 0 fully saturated rings. The SMILES string of the molecule is Cc1cc(COc2cc3[nH]c(CNC(=O)C(C)(C)C#N)cc3cc2Cl)on1. The number of nitriles is 1. The minimum atomic E-state index is -1.07. The quantitative estimate of drug-likeness (QED) is 0.669. The number of hydrogen-bond donors (Lipinski definition) is 2. The van der Waals surface area contributed by atoms with E-state index in [-0.39, 0.29) is 19.1 Å². The van der Waals surface area contributed by atoms with Crippen molar-refractivity contribution in [3.8, 4) is 11.8 Å². The molecule has 0 aliphatic rings. The number of halogens is 1. The molecular weight excluding hydrogens is 368 g/mol. The first-order valence-electron chi connectivity index (χ1n) is 8.34. The lowest BCUT2D eigenvalue weighted by Gasteiger charge is -2.14. The van der Waals surface area contributed by atoms with Crippen LogP contribution in [0.2, 0.25) is 5.02 Å². The average Bonchev–Trinajstić information content (AvgIpc) is 3.22. The fraction of sp³-hybridized carbons (Fsp3) is 0.316. The van der Waals surface area contributed by atoms with Crippen molar-refractivity contribution in [2.45, 2.75) is 33.9 Å². The monoisotopic (exact) mass is 386 g/mol. The number of aromatic nitrogens is 2. The summed E-state index contributed by atoms with van der Waals surface area (Å²) in [6.07, 6.45) is 0. The summed E-state index contributed by atoms with van der Waals surface area (Å²) in [6, 6.07) is 9.26. The molecule has 3 rings (SSSR count). The van der Waals surface area contributed by atoms with Crippen molar-refractivity contribution >= 4 is 28.4 Å². The summed E-state index contributed by atoms with van der Waals surface area (Å²) < 4.78 is 10.8. The van der Waals surface area contributed by atoms with E-state index in [4.69, 9.17) is 26.1 Å². The molecule has 0 saturated carbocycles. The average molecular weight is 387 g/mol. The van der Waals surface area contributed by atoms with Crippen LogP contribution in [0.3, 0.4) is 0 Å². The van der Waals surface area contributed by atoms with Crippen LogP contribution in [0.25, 0.3) is 10.9 Å². The van der Waals surface area contributed by atoms with E-state index < -0.39 is 5.41 Å². The van der Waals surface area contributed by atoms with Crippen LogP contribution < -0.4 is 10.1 Å². The van der Waals surface area contributed by atoms with Gasteiger partial charge in [0.15, 0.2) is 5.76 Å². The topological polar surface area (TPSA) is 104 Å². The summed E-state index contributed by atoms with van der Waals surface area (Å²) in [4.78, 5) is 15.2. The zero-order valence-electron chi connectivity index (χ0n) is 15.2. The Morgan fingerprint density at radius 3 is 2.85 bits per heavy atom. The van der Waals surface area contributed by atoms with Crippen LogP contribution in [-0.2, 0) is 17.9 Å². The molecule has 2 N–H and O–H groups in total. The van der Waals surface area contributed by atoms with Crippen LogP contribution in [0.15, 0.2) is 28.8 Å². The van der Waals surface area contributed by atoms with Crippen molar-refractivity contribution in [1.29, 1.82) is 5.26 Å². The minimum absolute atomic E-state index is 0.221. The number of aryl methyl sites for hydroxylation is 1. The second-order valence-electron chi connectivity index (χ2n) is 6.81. The molecule has 3 aromatic rings. The third-order valence-corrected chi connectivity index (χ3v) is 4.36. The van der Waals surface area contributed by atoms with Crippen LogP contribution in [-0.4, -0.2) is 16.0 Å². The van der Waals surface area contributed by atoms with Gasteiger partial charge >= 0.3 is 0 Å². The van der Waals surface area contributed by atoms with Gasteiger partial charge in [0, 0.05) is 28.7 Å². The van der Waals surface area contributed by atoms with E-state index in [1.807, 2.05) is 19.1 Å². The predicted octanol–water partition coefficient (Wildman–Crippen LogP) is 3.86. The standard InChI is InChI=1S/C19H19ClN4O3/c1-11-4-14(27-24-11)9-26-17-7-16-12(6-15(17)20)5-13(23-16)8-22-18(25)19(2,3)10-21/h4-7,23H,8-9H2,1-3H3,(H,22,25). The number of carbonyl (C=O) groups excluding carboxylic acids is 1. The lowest BCUT2D eigenvalue weighted by atomic mass is 9.95. The number of hydrogen-bond acceptors (Lipinski definition) is 5. The largest absolute Gasteiger partial charge is 0.484 e. The molecule has 1 aromatic carbocycles. The number of nitrogens with one attached hydrogen (secondary N) is 2. The van der Waals surface area contributed by atoms with Gasteiger partial charge in [0.1, 0.15) is 17.8 Å². The van der Waals surface area contributed by atoms with E-state index >= 15 is 0 Å². The normalized spacial score (nSPS) is 11.4. The molecule has 0 aliphatic heterocycles. The van der Waals surface area contributed by atoms with Gasteiger partial charge in [0.25, 0.3) is 0 Å². The highest BCUT2D eigenvalue weighted by Crippen LogP contribution is 2.31. The lowest BCUT2D eigenvalue weighted by Crippen LogP contribution is -2.35. The van der Waals surface area contributed by atoms with Crippen LogP contribution >= 0.6 is 11.6 Å². The van der Waals surface area contributed by atoms with Crippen LogP contribution in [0, 0.1) is 23.7 Å². The van der Waals surface area contributed by atoms with Gasteiger partial charge in [-0.25, -0.2) is 0 Å². The lowest BCUT2D eigenvalue weighted by molar-refractivity contribution is -0.126. The number of amides is 1. The Morgan fingerprint density at radius 1 is 1.41 bits per heavy atom. The maximum absolute atomic E-state index is 12.0. The van der Waals surface area contributed by atoms with Crippen molar-refractivity contribution in [1.82, 2.24) is 15.5 Å². The molecule has 7 nitrogen and oxygen atoms in total. The molecule has 0 bridgehead atoms. The summed E-state index contributed by atoms with van der Waals surface area (Å²) in [5.41, 5.74) is 1.33. The molecule has 8 heteroatoms. The van der Waals surface area contributed by atoms with E-state index in [0.717, 1.165) is 22.3 Å². The molecule has 0 aliphatic carbocycles. The van der Waals surface area contributed by atoms with Crippen molar-refractivity contribution in [2.75, 3.05) is 0 Å². The van der Waals surface area contributed by atoms with Crippen molar-refractivity contribution in [2.24, 2.45) is 5.41 Å². The summed E-state index contributed by atoms with van der Waals surface area (Å²) in [6.45, 7) is 5.49. The van der Waals surface area contributed by atoms with Gasteiger partial charge in [0.05, 0.1) is 23.3 Å². The van der Waals surface area contributed by atoms with Gasteiger partial charge in [-0.3, -0.25) is 4.79 Å². The summed E-state index contributed by atoms with van der Waals surface area (Å²) in [7, 11) is 0. The number of aromatic amines is 1. The first kappa shape index (κ1) is 18.8. The van der Waals surface area contributed by atoms with E-state index in [1.54, 1.807) is 32.0 Å². The summed E-state index contributed by atoms with van der Waals surface area (Å²) in [5, 5.41) is 16.9. The highest BCUT2D eigenvalue weighted by molar-refractivity contribution is 6.32. The Hall–Kier alpha value is -2.98. The van der Waals surface area contributed by atoms with Crippen LogP contribution in [0.1, 0.15) is 31.0 Å². The molecule has 1 amide bonds. The number of H-pyrrole nitrogens is 1. The maximum Gasteiger partial charge on any atom is 0.240 e. The fourth-order valence-electron chi connectivity index (χ4n) is 2.48. The highest BCUT2D eigenvalue weighted by atomic mass is 35.5. The Kier molecular flexibility index (Phi) is 5.10. The molecule has 2 aromatic heterocycles. The van der Waals surface area contributed by atoms with Crippen molar-refractivity contribution in [3.63, 3.8) is 0 Å². The number of benzene rings is 1. The van der Waals surface area contributed by atoms with E-state index in [1.165, 1.54) is 0 Å². The first-order chi connectivity index (χ1) is 12.8. The molecule has 0 spiro atoms. The number of nitrogens with zero attached hydrogens (tertiary/aromatic N) is 2. The molecule has 0 saturated heterocycles. The van der Waals surface area contributed by atoms with Gasteiger partial charge < -0.3 is 19.6 Å². The second-order valence-corrected chi connectivity index (χ2v) is 7.21. The van der Waals surface area contributed by atoms with Crippen molar-refractivity contribution < 1.29 is 14.1 Å². The zero-order chi connectivity index (χ0) is 19.6. The molecule has 0 atom stereocenters.